The normalized spacial score (nSPS) is 21.8. The Hall–Kier alpha value is -2.61. The molecule has 8 nitrogen and oxygen atoms in total. The van der Waals surface area contributed by atoms with Gasteiger partial charge < -0.3 is 19.6 Å². The van der Waals surface area contributed by atoms with Crippen molar-refractivity contribution in [3.63, 3.8) is 0 Å². The third kappa shape index (κ3) is 3.64. The molecule has 1 spiro atoms. The molecule has 2 aromatic heterocycles. The Morgan fingerprint density at radius 1 is 1.20 bits per heavy atom. The maximum atomic E-state index is 13.0. The summed E-state index contributed by atoms with van der Waals surface area (Å²) in [5.41, 5.74) is 7.43. The van der Waals surface area contributed by atoms with Gasteiger partial charge in [0.15, 0.2) is 5.76 Å². The van der Waals surface area contributed by atoms with Crippen molar-refractivity contribution in [3.8, 4) is 0 Å². The van der Waals surface area contributed by atoms with Crippen molar-refractivity contribution >= 4 is 11.8 Å². The van der Waals surface area contributed by atoms with Crippen molar-refractivity contribution in [2.45, 2.75) is 52.0 Å². The SMILES string of the molecule is Cc1noc(C)c1Cc1ccc(C(=O)N2CCC3(CCCN(C)C3C(N)=O)CC2)o1. The number of nitrogens with zero attached hydrogens (tertiary/aromatic N) is 3. The monoisotopic (exact) mass is 414 g/mol. The summed E-state index contributed by atoms with van der Waals surface area (Å²) in [6.45, 7) is 5.87. The molecule has 8 heteroatoms. The molecule has 2 amide bonds. The fraction of sp³-hybridized carbons (Fsp3) is 0.591. The molecule has 30 heavy (non-hydrogen) atoms. The van der Waals surface area contributed by atoms with Crippen molar-refractivity contribution < 1.29 is 18.5 Å². The van der Waals surface area contributed by atoms with Crippen LogP contribution in [-0.2, 0) is 11.2 Å². The Morgan fingerprint density at radius 3 is 2.57 bits per heavy atom. The Morgan fingerprint density at radius 2 is 1.93 bits per heavy atom. The molecule has 162 valence electrons. The summed E-state index contributed by atoms with van der Waals surface area (Å²) >= 11 is 0. The number of aryl methyl sites for hydroxylation is 2. The van der Waals surface area contributed by atoms with Crippen LogP contribution in [0.5, 0.6) is 0 Å². The van der Waals surface area contributed by atoms with Crippen LogP contribution >= 0.6 is 0 Å². The van der Waals surface area contributed by atoms with Crippen LogP contribution in [-0.4, -0.2) is 59.5 Å². The van der Waals surface area contributed by atoms with Gasteiger partial charge in [0.2, 0.25) is 5.91 Å². The van der Waals surface area contributed by atoms with Gasteiger partial charge in [0.1, 0.15) is 11.5 Å². The van der Waals surface area contributed by atoms with Crippen molar-refractivity contribution in [3.05, 3.63) is 40.7 Å². The molecule has 1 unspecified atom stereocenters. The summed E-state index contributed by atoms with van der Waals surface area (Å²) in [6, 6.07) is 3.32. The van der Waals surface area contributed by atoms with E-state index in [1.54, 1.807) is 6.07 Å². The number of aromatic nitrogens is 1. The number of piperidine rings is 2. The fourth-order valence-electron chi connectivity index (χ4n) is 5.28. The number of hydrogen-bond donors (Lipinski definition) is 1. The summed E-state index contributed by atoms with van der Waals surface area (Å²) in [6.07, 6.45) is 4.14. The van der Waals surface area contributed by atoms with Crippen LogP contribution in [0, 0.1) is 19.3 Å². The van der Waals surface area contributed by atoms with E-state index in [4.69, 9.17) is 14.7 Å². The lowest BCUT2D eigenvalue weighted by Gasteiger charge is -2.51. The Balaban J connectivity index is 1.42. The van der Waals surface area contributed by atoms with Crippen molar-refractivity contribution in [1.82, 2.24) is 15.0 Å². The number of likely N-dealkylation sites (N-methyl/N-ethyl adjacent to an activating group) is 1. The standard InChI is InChI=1S/C22H30N4O4/c1-14-17(15(2)30-24-14)13-16-5-6-18(29-16)21(28)26-11-8-22(9-12-26)7-4-10-25(3)19(22)20(23)27/h5-6,19H,4,7-13H2,1-3H3,(H2,23,27). The van der Waals surface area contributed by atoms with Crippen molar-refractivity contribution in [2.24, 2.45) is 11.1 Å². The Labute approximate surface area is 176 Å². The largest absolute Gasteiger partial charge is 0.456 e. The average Bonchev–Trinajstić information content (AvgIpc) is 3.30. The van der Waals surface area contributed by atoms with Gasteiger partial charge >= 0.3 is 0 Å². The molecule has 1 atom stereocenters. The van der Waals surface area contributed by atoms with Crippen LogP contribution in [0.3, 0.4) is 0 Å². The minimum absolute atomic E-state index is 0.102. The first kappa shape index (κ1) is 20.7. The van der Waals surface area contributed by atoms with E-state index in [-0.39, 0.29) is 23.3 Å². The molecule has 2 fully saturated rings. The number of primary amides is 1. The van der Waals surface area contributed by atoms with E-state index in [0.29, 0.717) is 31.0 Å². The number of likely N-dealkylation sites (tertiary alicyclic amines) is 2. The number of nitrogens with two attached hydrogens (primary N) is 1. The molecule has 0 bridgehead atoms. The minimum atomic E-state index is -0.257. The highest BCUT2D eigenvalue weighted by Crippen LogP contribution is 2.44. The first-order valence-corrected chi connectivity index (χ1v) is 10.6. The van der Waals surface area contributed by atoms with Crippen LogP contribution in [0.4, 0.5) is 0 Å². The molecule has 4 rings (SSSR count). The van der Waals surface area contributed by atoms with E-state index >= 15 is 0 Å². The highest BCUT2D eigenvalue weighted by Gasteiger charge is 2.48. The molecular weight excluding hydrogens is 384 g/mol. The van der Waals surface area contributed by atoms with E-state index < -0.39 is 0 Å². The molecule has 0 saturated carbocycles. The van der Waals surface area contributed by atoms with Crippen LogP contribution in [0.2, 0.25) is 0 Å². The van der Waals surface area contributed by atoms with Gasteiger partial charge in [-0.2, -0.15) is 0 Å². The molecule has 0 radical (unpaired) electrons. The highest BCUT2D eigenvalue weighted by atomic mass is 16.5. The smallest absolute Gasteiger partial charge is 0.289 e. The lowest BCUT2D eigenvalue weighted by Crippen LogP contribution is -2.60. The molecule has 2 N–H and O–H groups in total. The van der Waals surface area contributed by atoms with Gasteiger partial charge in [-0.1, -0.05) is 5.16 Å². The van der Waals surface area contributed by atoms with Gasteiger partial charge in [-0.25, -0.2) is 0 Å². The third-order valence-electron chi connectivity index (χ3n) is 6.93. The summed E-state index contributed by atoms with van der Waals surface area (Å²) in [4.78, 5) is 29.0. The summed E-state index contributed by atoms with van der Waals surface area (Å²) in [5.74, 6) is 1.46. The van der Waals surface area contributed by atoms with E-state index in [2.05, 4.69) is 10.1 Å². The van der Waals surface area contributed by atoms with Crippen LogP contribution in [0.15, 0.2) is 21.1 Å². The number of furan rings is 1. The summed E-state index contributed by atoms with van der Waals surface area (Å²) in [7, 11) is 1.97. The molecule has 2 aliphatic heterocycles. The maximum Gasteiger partial charge on any atom is 0.289 e. The maximum absolute atomic E-state index is 13.0. The first-order valence-electron chi connectivity index (χ1n) is 10.6. The van der Waals surface area contributed by atoms with E-state index in [0.717, 1.165) is 49.2 Å². The van der Waals surface area contributed by atoms with Crippen LogP contribution in [0.25, 0.3) is 0 Å². The molecule has 2 aliphatic rings. The zero-order chi connectivity index (χ0) is 21.5. The lowest BCUT2D eigenvalue weighted by atomic mass is 9.66. The zero-order valence-corrected chi connectivity index (χ0v) is 17.9. The van der Waals surface area contributed by atoms with E-state index in [1.807, 2.05) is 31.9 Å². The molecule has 2 aromatic rings. The predicted octanol–water partition coefficient (Wildman–Crippen LogP) is 2.28. The number of carbonyl (C=O) groups excluding carboxylic acids is 2. The fourth-order valence-corrected chi connectivity index (χ4v) is 5.28. The van der Waals surface area contributed by atoms with Crippen LogP contribution < -0.4 is 5.73 Å². The van der Waals surface area contributed by atoms with E-state index in [1.165, 1.54) is 0 Å². The number of amides is 2. The minimum Gasteiger partial charge on any atom is -0.456 e. The lowest BCUT2D eigenvalue weighted by molar-refractivity contribution is -0.132. The molecule has 0 aromatic carbocycles. The second kappa shape index (κ2) is 7.91. The van der Waals surface area contributed by atoms with Gasteiger partial charge in [0, 0.05) is 25.1 Å². The Bertz CT molecular complexity index is 919. The molecular formula is C22H30N4O4. The third-order valence-corrected chi connectivity index (χ3v) is 6.93. The number of carbonyl (C=O) groups is 2. The average molecular weight is 415 g/mol. The van der Waals surface area contributed by atoms with Crippen molar-refractivity contribution in [1.29, 1.82) is 0 Å². The van der Waals surface area contributed by atoms with Gasteiger partial charge in [-0.15, -0.1) is 0 Å². The summed E-state index contributed by atoms with van der Waals surface area (Å²) in [5, 5.41) is 3.96. The molecule has 2 saturated heterocycles. The second-order valence-corrected chi connectivity index (χ2v) is 8.79. The van der Waals surface area contributed by atoms with Gasteiger partial charge in [0.25, 0.3) is 5.91 Å². The second-order valence-electron chi connectivity index (χ2n) is 8.79. The Kier molecular flexibility index (Phi) is 5.44. The zero-order valence-electron chi connectivity index (χ0n) is 17.9. The van der Waals surface area contributed by atoms with E-state index in [9.17, 15) is 9.59 Å². The number of hydrogen-bond acceptors (Lipinski definition) is 6. The highest BCUT2D eigenvalue weighted by molar-refractivity contribution is 5.91. The van der Waals surface area contributed by atoms with Gasteiger partial charge in [-0.05, 0) is 70.7 Å². The van der Waals surface area contributed by atoms with Gasteiger partial charge in [-0.3, -0.25) is 14.5 Å². The topological polar surface area (TPSA) is 106 Å². The molecule has 4 heterocycles. The van der Waals surface area contributed by atoms with Gasteiger partial charge in [0.05, 0.1) is 11.7 Å². The first-order chi connectivity index (χ1) is 14.3. The molecule has 0 aliphatic carbocycles. The summed E-state index contributed by atoms with van der Waals surface area (Å²) < 4.78 is 11.1. The number of rotatable bonds is 4. The van der Waals surface area contributed by atoms with Crippen molar-refractivity contribution in [2.75, 3.05) is 26.7 Å². The quantitative estimate of drug-likeness (QED) is 0.823. The van der Waals surface area contributed by atoms with Crippen LogP contribution in [0.1, 0.15) is 59.0 Å². The predicted molar refractivity (Wildman–Crippen MR) is 110 cm³/mol.